The van der Waals surface area contributed by atoms with Crippen LogP contribution < -0.4 is 10.6 Å². The third-order valence-corrected chi connectivity index (χ3v) is 9.36. The summed E-state index contributed by atoms with van der Waals surface area (Å²) in [6.07, 6.45) is -6.00. The van der Waals surface area contributed by atoms with Crippen LogP contribution in [0.4, 0.5) is 52.4 Å². The number of nitrogens with zero attached hydrogens (tertiary/aromatic N) is 4. The first kappa shape index (κ1) is 38.4. The Morgan fingerprint density at radius 3 is 2.04 bits per heavy atom. The molecule has 3 N–H and O–H groups in total. The molecule has 268 valence electrons. The lowest BCUT2D eigenvalue weighted by Gasteiger charge is -2.10. The summed E-state index contributed by atoms with van der Waals surface area (Å²) in [7, 11) is 0. The molecule has 0 radical (unpaired) electrons. The van der Waals surface area contributed by atoms with Crippen molar-refractivity contribution in [2.75, 3.05) is 10.6 Å². The third-order valence-electron chi connectivity index (χ3n) is 6.88. The SMILES string of the molecule is N#CCc1sc(Nc2cccc(C(F)(F)F)c2)nc1-c1ccc(Cl)cc1Cl.OCc1sc(Nc2ccc(F)c(C(F)(F)F)c2)nc1-c1ccncc1. The first-order valence-corrected chi connectivity index (χ1v) is 17.0. The van der Waals surface area contributed by atoms with Gasteiger partial charge in [0.05, 0.1) is 51.5 Å². The summed E-state index contributed by atoms with van der Waals surface area (Å²) in [4.78, 5) is 13.8. The van der Waals surface area contributed by atoms with Crippen molar-refractivity contribution in [3.8, 4) is 28.6 Å². The second-order valence-corrected chi connectivity index (χ2v) is 13.5. The molecular weight excluding hydrogens is 776 g/mol. The maximum atomic E-state index is 13.3. The highest BCUT2D eigenvalue weighted by Gasteiger charge is 2.34. The largest absolute Gasteiger partial charge is 0.419 e. The number of nitriles is 1. The van der Waals surface area contributed by atoms with Crippen molar-refractivity contribution >= 4 is 67.5 Å². The second kappa shape index (κ2) is 16.3. The lowest BCUT2D eigenvalue weighted by molar-refractivity contribution is -0.140. The summed E-state index contributed by atoms with van der Waals surface area (Å²) in [6.45, 7) is -0.270. The van der Waals surface area contributed by atoms with Crippen molar-refractivity contribution in [1.82, 2.24) is 15.0 Å². The topological polar surface area (TPSA) is 107 Å². The van der Waals surface area contributed by atoms with Gasteiger partial charge in [-0.05, 0) is 66.7 Å². The van der Waals surface area contributed by atoms with Gasteiger partial charge in [-0.25, -0.2) is 14.4 Å². The van der Waals surface area contributed by atoms with Gasteiger partial charge in [0, 0.05) is 44.8 Å². The highest BCUT2D eigenvalue weighted by Crippen LogP contribution is 2.39. The molecule has 52 heavy (non-hydrogen) atoms. The van der Waals surface area contributed by atoms with E-state index in [1.54, 1.807) is 42.7 Å². The van der Waals surface area contributed by atoms with Crippen molar-refractivity contribution in [3.63, 3.8) is 0 Å². The standard InChI is InChI=1S/C18H10Cl2F3N3S.C16H11F4N3OS/c19-11-4-5-13(14(20)9-11)16-15(6-7-24)27-17(26-16)25-12-3-1-2-10(8-12)18(21,22)23;17-12-2-1-10(7-11(12)16(18,19)20)22-15-23-14(13(8-24)25-15)9-3-5-21-6-4-9/h1-5,8-9H,6H2,(H,25,26);1-7,24H,8H2,(H,22,23). The molecule has 0 aliphatic carbocycles. The number of halogens is 9. The number of benzene rings is 3. The summed E-state index contributed by atoms with van der Waals surface area (Å²) in [6, 6.07) is 17.8. The molecule has 0 aliphatic heterocycles. The lowest BCUT2D eigenvalue weighted by atomic mass is 10.1. The molecule has 18 heteroatoms. The molecule has 0 aliphatic rings. The van der Waals surface area contributed by atoms with Gasteiger partial charge in [-0.2, -0.15) is 31.6 Å². The summed E-state index contributed by atoms with van der Waals surface area (Å²) < 4.78 is 90.3. The van der Waals surface area contributed by atoms with Gasteiger partial charge in [-0.15, -0.1) is 11.3 Å². The van der Waals surface area contributed by atoms with Crippen molar-refractivity contribution in [1.29, 1.82) is 5.26 Å². The molecule has 0 bridgehead atoms. The number of nitrogens with one attached hydrogen (secondary N) is 2. The van der Waals surface area contributed by atoms with Crippen LogP contribution in [0.1, 0.15) is 20.9 Å². The van der Waals surface area contributed by atoms with Crippen LogP contribution in [-0.2, 0) is 25.4 Å². The van der Waals surface area contributed by atoms with E-state index in [0.29, 0.717) is 47.9 Å². The number of aliphatic hydroxyl groups is 1. The number of hydrogen-bond acceptors (Lipinski definition) is 9. The summed E-state index contributed by atoms with van der Waals surface area (Å²) in [5, 5.41) is 25.6. The fraction of sp³-hybridized carbons (Fsp3) is 0.118. The van der Waals surface area contributed by atoms with E-state index in [2.05, 4.69) is 31.7 Å². The van der Waals surface area contributed by atoms with Crippen LogP contribution in [0.15, 0.2) is 85.2 Å². The van der Waals surface area contributed by atoms with Gasteiger partial charge in [0.15, 0.2) is 10.3 Å². The molecule has 7 nitrogen and oxygen atoms in total. The van der Waals surface area contributed by atoms with Gasteiger partial charge in [-0.1, -0.05) is 40.6 Å². The van der Waals surface area contributed by atoms with Gasteiger partial charge < -0.3 is 15.7 Å². The van der Waals surface area contributed by atoms with E-state index >= 15 is 0 Å². The fourth-order valence-corrected chi connectivity index (χ4v) is 6.87. The summed E-state index contributed by atoms with van der Waals surface area (Å²) >= 11 is 14.4. The Kier molecular flexibility index (Phi) is 12.0. The Balaban J connectivity index is 0.000000202. The average molecular weight is 798 g/mol. The molecule has 3 heterocycles. The molecule has 6 rings (SSSR count). The molecule has 3 aromatic carbocycles. The predicted octanol–water partition coefficient (Wildman–Crippen LogP) is 11.5. The molecule has 0 saturated heterocycles. The Labute approximate surface area is 309 Å². The van der Waals surface area contributed by atoms with Crippen LogP contribution in [0, 0.1) is 17.1 Å². The van der Waals surface area contributed by atoms with Crippen LogP contribution in [0.3, 0.4) is 0 Å². The van der Waals surface area contributed by atoms with Crippen LogP contribution >= 0.6 is 45.9 Å². The van der Waals surface area contributed by atoms with Crippen LogP contribution in [0.2, 0.25) is 10.0 Å². The lowest BCUT2D eigenvalue weighted by Crippen LogP contribution is -2.08. The van der Waals surface area contributed by atoms with E-state index < -0.39 is 29.3 Å². The minimum Gasteiger partial charge on any atom is -0.391 e. The molecule has 0 atom stereocenters. The molecule has 0 saturated carbocycles. The summed E-state index contributed by atoms with van der Waals surface area (Å²) in [5.74, 6) is -1.34. The van der Waals surface area contributed by atoms with Crippen molar-refractivity contribution in [2.45, 2.75) is 25.4 Å². The van der Waals surface area contributed by atoms with E-state index in [9.17, 15) is 35.8 Å². The molecule has 0 amide bonds. The number of anilines is 4. The van der Waals surface area contributed by atoms with E-state index in [1.165, 1.54) is 29.5 Å². The van der Waals surface area contributed by atoms with Crippen molar-refractivity contribution < 1.29 is 35.8 Å². The van der Waals surface area contributed by atoms with Crippen molar-refractivity contribution in [2.24, 2.45) is 0 Å². The molecule has 0 fully saturated rings. The van der Waals surface area contributed by atoms with Gasteiger partial charge in [0.2, 0.25) is 0 Å². The minimum absolute atomic E-state index is 0.0493. The van der Waals surface area contributed by atoms with Crippen LogP contribution in [-0.4, -0.2) is 20.1 Å². The van der Waals surface area contributed by atoms with E-state index in [1.807, 2.05) is 0 Å². The normalized spacial score (nSPS) is 11.4. The Morgan fingerprint density at radius 2 is 1.42 bits per heavy atom. The summed E-state index contributed by atoms with van der Waals surface area (Å²) in [5.41, 5.74) is 0.503. The highest BCUT2D eigenvalue weighted by molar-refractivity contribution is 7.16. The van der Waals surface area contributed by atoms with Crippen LogP contribution in [0.25, 0.3) is 22.5 Å². The quantitative estimate of drug-likeness (QED) is 0.132. The zero-order chi connectivity index (χ0) is 37.6. The van der Waals surface area contributed by atoms with E-state index in [0.717, 1.165) is 35.1 Å². The third kappa shape index (κ3) is 9.55. The number of alkyl halides is 6. The minimum atomic E-state index is -4.79. The Morgan fingerprint density at radius 1 is 0.769 bits per heavy atom. The average Bonchev–Trinajstić information content (AvgIpc) is 3.69. The van der Waals surface area contributed by atoms with Gasteiger partial charge in [-0.3, -0.25) is 4.98 Å². The fourth-order valence-electron chi connectivity index (χ4n) is 4.58. The Hall–Kier alpha value is -4.79. The first-order valence-electron chi connectivity index (χ1n) is 14.6. The molecule has 6 aromatic rings. The Bertz CT molecular complexity index is 2220. The smallest absolute Gasteiger partial charge is 0.391 e. The number of pyridine rings is 1. The molecule has 0 unspecified atom stereocenters. The highest BCUT2D eigenvalue weighted by atomic mass is 35.5. The molecular formula is C34H21Cl2F7N6OS2. The number of aliphatic hydroxyl groups excluding tert-OH is 1. The zero-order valence-electron chi connectivity index (χ0n) is 26.0. The second-order valence-electron chi connectivity index (χ2n) is 10.5. The number of hydrogen-bond donors (Lipinski definition) is 3. The first-order chi connectivity index (χ1) is 24.7. The number of thiazole rings is 2. The van der Waals surface area contributed by atoms with Crippen LogP contribution in [0.5, 0.6) is 0 Å². The molecule has 3 aromatic heterocycles. The monoisotopic (exact) mass is 796 g/mol. The van der Waals surface area contributed by atoms with E-state index in [-0.39, 0.29) is 29.5 Å². The predicted molar refractivity (Wildman–Crippen MR) is 188 cm³/mol. The van der Waals surface area contributed by atoms with Crippen molar-refractivity contribution in [3.05, 3.63) is 122 Å². The maximum Gasteiger partial charge on any atom is 0.419 e. The van der Waals surface area contributed by atoms with Gasteiger partial charge in [0.1, 0.15) is 5.82 Å². The maximum absolute atomic E-state index is 13.3. The van der Waals surface area contributed by atoms with Gasteiger partial charge >= 0.3 is 12.4 Å². The number of aromatic nitrogens is 3. The van der Waals surface area contributed by atoms with E-state index in [4.69, 9.17) is 28.5 Å². The zero-order valence-corrected chi connectivity index (χ0v) is 29.1. The number of rotatable bonds is 8. The molecule has 0 spiro atoms. The van der Waals surface area contributed by atoms with Gasteiger partial charge in [0.25, 0.3) is 0 Å².